The van der Waals surface area contributed by atoms with Crippen LogP contribution in [0.25, 0.3) is 33.0 Å². The van der Waals surface area contributed by atoms with Crippen molar-refractivity contribution >= 4 is 21.9 Å². The fraction of sp³-hybridized carbons (Fsp3) is 0.125. The fourth-order valence-corrected chi connectivity index (χ4v) is 4.16. The number of pyridine rings is 3. The first-order valence-corrected chi connectivity index (χ1v) is 9.68. The molecule has 4 heterocycles. The van der Waals surface area contributed by atoms with Crippen molar-refractivity contribution < 1.29 is 4.42 Å². The van der Waals surface area contributed by atoms with Crippen LogP contribution in [0.3, 0.4) is 0 Å². The second-order valence-corrected chi connectivity index (χ2v) is 7.49. The average Bonchev–Trinajstić information content (AvgIpc) is 3.44. The summed E-state index contributed by atoms with van der Waals surface area (Å²) in [5, 5.41) is 1.75. The zero-order valence-electron chi connectivity index (χ0n) is 15.5. The lowest BCUT2D eigenvalue weighted by Gasteiger charge is -2.07. The number of fused-ring (bicyclic) bond motifs is 2. The summed E-state index contributed by atoms with van der Waals surface area (Å²) in [5.74, 6) is 0.256. The zero-order valence-corrected chi connectivity index (χ0v) is 15.5. The van der Waals surface area contributed by atoms with Crippen molar-refractivity contribution in [3.8, 4) is 11.1 Å². The molecule has 0 spiro atoms. The molecule has 0 N–H and O–H groups in total. The predicted octanol–water partition coefficient (Wildman–Crippen LogP) is 4.93. The Kier molecular flexibility index (Phi) is 3.44. The summed E-state index contributed by atoms with van der Waals surface area (Å²) in [6, 6.07) is 18.1. The van der Waals surface area contributed by atoms with Crippen LogP contribution < -0.4 is 5.56 Å². The van der Waals surface area contributed by atoms with E-state index in [-0.39, 0.29) is 17.5 Å². The first kappa shape index (κ1) is 16.2. The minimum absolute atomic E-state index is 0.0173. The third kappa shape index (κ3) is 2.58. The van der Waals surface area contributed by atoms with Gasteiger partial charge in [0.2, 0.25) is 0 Å². The smallest absolute Gasteiger partial charge is 0.262 e. The fourth-order valence-electron chi connectivity index (χ4n) is 4.16. The lowest BCUT2D eigenvalue weighted by Crippen LogP contribution is -2.18. The van der Waals surface area contributed by atoms with E-state index in [0.29, 0.717) is 11.0 Å². The molecule has 5 nitrogen and oxygen atoms in total. The Bertz CT molecular complexity index is 1420. The molecule has 4 aromatic heterocycles. The molecule has 1 aliphatic rings. The van der Waals surface area contributed by atoms with Gasteiger partial charge in [0.25, 0.3) is 5.56 Å². The van der Waals surface area contributed by atoms with Gasteiger partial charge >= 0.3 is 0 Å². The summed E-state index contributed by atoms with van der Waals surface area (Å²) >= 11 is 0. The van der Waals surface area contributed by atoms with Gasteiger partial charge < -0.3 is 8.98 Å². The third-order valence-corrected chi connectivity index (χ3v) is 5.76. The summed E-state index contributed by atoms with van der Waals surface area (Å²) < 4.78 is 7.49. The van der Waals surface area contributed by atoms with Gasteiger partial charge in [0.1, 0.15) is 5.58 Å². The van der Waals surface area contributed by atoms with Crippen LogP contribution in [0.15, 0.2) is 88.7 Å². The number of rotatable bonds is 3. The standard InChI is InChI=1S/C24H17N3O2/c28-24-23-18(15-7-10-25-11-8-15)14-29-22(23)9-12-27(24)21-13-17(21)20-6-5-16-3-1-2-4-19(16)26-20/h1-12,14,17,21H,13H2. The second kappa shape index (κ2) is 6.14. The summed E-state index contributed by atoms with van der Waals surface area (Å²) in [6.07, 6.45) is 7.85. The maximum atomic E-state index is 13.3. The largest absolute Gasteiger partial charge is 0.463 e. The van der Waals surface area contributed by atoms with E-state index in [1.165, 1.54) is 0 Å². The van der Waals surface area contributed by atoms with Gasteiger partial charge in [-0.15, -0.1) is 0 Å². The highest BCUT2D eigenvalue weighted by Crippen LogP contribution is 2.50. The summed E-state index contributed by atoms with van der Waals surface area (Å²) in [4.78, 5) is 22.2. The van der Waals surface area contributed by atoms with Crippen molar-refractivity contribution in [2.45, 2.75) is 18.4 Å². The maximum Gasteiger partial charge on any atom is 0.262 e. The number of nitrogens with zero attached hydrogens (tertiary/aromatic N) is 3. The minimum atomic E-state index is -0.0173. The quantitative estimate of drug-likeness (QED) is 0.446. The van der Waals surface area contributed by atoms with Crippen LogP contribution in [-0.4, -0.2) is 14.5 Å². The highest BCUT2D eigenvalue weighted by atomic mass is 16.3. The van der Waals surface area contributed by atoms with E-state index in [9.17, 15) is 4.79 Å². The first-order valence-electron chi connectivity index (χ1n) is 9.68. The van der Waals surface area contributed by atoms with E-state index >= 15 is 0 Å². The molecular weight excluding hydrogens is 362 g/mol. The first-order chi connectivity index (χ1) is 14.3. The van der Waals surface area contributed by atoms with Crippen LogP contribution in [0.1, 0.15) is 24.1 Å². The van der Waals surface area contributed by atoms with Crippen LogP contribution in [0.5, 0.6) is 0 Å². The number of aromatic nitrogens is 3. The molecule has 0 radical (unpaired) electrons. The Labute approximate surface area is 166 Å². The Balaban J connectivity index is 1.41. The normalized spacial score (nSPS) is 18.3. The molecule has 5 aromatic rings. The lowest BCUT2D eigenvalue weighted by atomic mass is 10.1. The van der Waals surface area contributed by atoms with E-state index < -0.39 is 0 Å². The molecule has 0 aliphatic heterocycles. The van der Waals surface area contributed by atoms with E-state index in [0.717, 1.165) is 34.1 Å². The van der Waals surface area contributed by atoms with Crippen LogP contribution in [0.2, 0.25) is 0 Å². The third-order valence-electron chi connectivity index (χ3n) is 5.76. The van der Waals surface area contributed by atoms with Gasteiger partial charge in [-0.25, -0.2) is 0 Å². The molecule has 5 heteroatoms. The van der Waals surface area contributed by atoms with Gasteiger partial charge in [-0.2, -0.15) is 0 Å². The lowest BCUT2D eigenvalue weighted by molar-refractivity contribution is 0.613. The average molecular weight is 379 g/mol. The van der Waals surface area contributed by atoms with E-state index in [4.69, 9.17) is 9.40 Å². The molecule has 1 saturated carbocycles. The SMILES string of the molecule is O=c1c2c(-c3ccncc3)coc2ccn1C1CC1c1ccc2ccccc2n1. The number of benzene rings is 1. The Hall–Kier alpha value is -3.73. The Morgan fingerprint density at radius 2 is 1.86 bits per heavy atom. The summed E-state index contributed by atoms with van der Waals surface area (Å²) in [7, 11) is 0. The number of hydrogen-bond donors (Lipinski definition) is 0. The molecule has 2 atom stereocenters. The zero-order chi connectivity index (χ0) is 19.4. The Morgan fingerprint density at radius 3 is 2.76 bits per heavy atom. The van der Waals surface area contributed by atoms with Crippen LogP contribution in [0.4, 0.5) is 0 Å². The van der Waals surface area contributed by atoms with Crippen molar-refractivity contribution in [1.82, 2.24) is 14.5 Å². The van der Waals surface area contributed by atoms with Gasteiger partial charge in [-0.05, 0) is 42.3 Å². The van der Waals surface area contributed by atoms with Gasteiger partial charge in [0.15, 0.2) is 0 Å². The number of hydrogen-bond acceptors (Lipinski definition) is 4. The molecular formula is C24H17N3O2. The molecule has 140 valence electrons. The number of furan rings is 1. The van der Waals surface area contributed by atoms with Crippen molar-refractivity contribution in [3.05, 3.63) is 95.5 Å². The molecule has 29 heavy (non-hydrogen) atoms. The topological polar surface area (TPSA) is 60.9 Å². The van der Waals surface area contributed by atoms with Crippen molar-refractivity contribution in [3.63, 3.8) is 0 Å². The van der Waals surface area contributed by atoms with Gasteiger partial charge in [-0.3, -0.25) is 14.8 Å². The van der Waals surface area contributed by atoms with Crippen molar-refractivity contribution in [2.75, 3.05) is 0 Å². The predicted molar refractivity (Wildman–Crippen MR) is 112 cm³/mol. The minimum Gasteiger partial charge on any atom is -0.463 e. The molecule has 2 unspecified atom stereocenters. The van der Waals surface area contributed by atoms with Crippen molar-refractivity contribution in [2.24, 2.45) is 0 Å². The highest BCUT2D eigenvalue weighted by molar-refractivity contribution is 5.93. The molecule has 1 fully saturated rings. The van der Waals surface area contributed by atoms with Gasteiger partial charge in [0.05, 0.1) is 17.2 Å². The van der Waals surface area contributed by atoms with E-state index in [1.807, 2.05) is 47.2 Å². The molecule has 6 rings (SSSR count). The highest BCUT2D eigenvalue weighted by Gasteiger charge is 2.42. The second-order valence-electron chi connectivity index (χ2n) is 7.49. The van der Waals surface area contributed by atoms with Crippen LogP contribution in [0, 0.1) is 0 Å². The van der Waals surface area contributed by atoms with Gasteiger partial charge in [0, 0.05) is 47.2 Å². The monoisotopic (exact) mass is 379 g/mol. The molecule has 0 saturated heterocycles. The van der Waals surface area contributed by atoms with Gasteiger partial charge in [-0.1, -0.05) is 24.3 Å². The van der Waals surface area contributed by atoms with Crippen LogP contribution in [-0.2, 0) is 0 Å². The molecule has 0 amide bonds. The number of para-hydroxylation sites is 1. The van der Waals surface area contributed by atoms with E-state index in [1.54, 1.807) is 18.7 Å². The summed E-state index contributed by atoms with van der Waals surface area (Å²) in [6.45, 7) is 0. The van der Waals surface area contributed by atoms with Crippen molar-refractivity contribution in [1.29, 1.82) is 0 Å². The molecule has 0 bridgehead atoms. The maximum absolute atomic E-state index is 13.3. The Morgan fingerprint density at radius 1 is 1.00 bits per heavy atom. The summed E-state index contributed by atoms with van der Waals surface area (Å²) in [5.41, 5.74) is 4.37. The van der Waals surface area contributed by atoms with Crippen LogP contribution >= 0.6 is 0 Å². The van der Waals surface area contributed by atoms with E-state index in [2.05, 4.69) is 23.2 Å². The molecule has 1 aliphatic carbocycles. The molecule has 1 aromatic carbocycles.